The standard InChI is InChI=1S/C12H14N2O6.C12H8N2O6.C10H11NO3.C9H9NO4.C9H13NO3.C9H11NO3.C5H7NO4/c2*1-19-13-9(15)5-3-7-8(4-6(5)10(13)16)12(18)14(20-2)11(7)17;1-14-11-9(12)7-5-2-3-6(4-5)8(7)10(11)13;1-13-10-8(11)6-4-2-3-5(14-4)7(6)9(10)12;2*1-13-10-8(11)6-4-2-3-5-7(6)9(10)12;1-9-6-4(7)2-10-3-5(6)8/h5-8H,3-4H2,1-2H3;3-4H,1-2H3;2-3,5-8H,4H2,1H3;2-7H,1H3;6-7H,2-5H2,1H3;2-3,6-7H,4-5H2,1H3;2-3H2,1H3. The van der Waals surface area contributed by atoms with Crippen LogP contribution in [-0.2, 0) is 110 Å². The monoisotopic (exact) mass is 1460 g/mol. The van der Waals surface area contributed by atoms with E-state index in [1.54, 1.807) is 0 Å². The van der Waals surface area contributed by atoms with Crippen molar-refractivity contribution in [2.75, 3.05) is 77.2 Å². The van der Waals surface area contributed by atoms with Gasteiger partial charge in [-0.05, 0) is 68.9 Å². The number of allylic oxidation sites excluding steroid dienone is 4. The summed E-state index contributed by atoms with van der Waals surface area (Å²) >= 11 is 0. The molecule has 38 nitrogen and oxygen atoms in total. The lowest BCUT2D eigenvalue weighted by Crippen LogP contribution is -2.45. The van der Waals surface area contributed by atoms with Crippen LogP contribution in [0.5, 0.6) is 0 Å². The lowest BCUT2D eigenvalue weighted by Gasteiger charge is -2.27. The predicted molar refractivity (Wildman–Crippen MR) is 339 cm³/mol. The fraction of sp³-hybridized carbons (Fsp3) is 0.545. The molecule has 0 N–H and O–H groups in total. The van der Waals surface area contributed by atoms with Crippen molar-refractivity contribution in [2.24, 2.45) is 82.9 Å². The molecule has 2 aromatic heterocycles. The zero-order valence-electron chi connectivity index (χ0n) is 57.5. The van der Waals surface area contributed by atoms with Crippen molar-refractivity contribution in [1.82, 2.24) is 44.9 Å². The molecule has 16 unspecified atom stereocenters. The molecular weight excluding hydrogens is 1380 g/mol. The van der Waals surface area contributed by atoms with Gasteiger partial charge in [-0.3, -0.25) is 120 Å². The zero-order chi connectivity index (χ0) is 75.3. The zero-order valence-corrected chi connectivity index (χ0v) is 57.5. The Labute approximate surface area is 587 Å². The number of rotatable bonds is 9. The number of amides is 14. The Morgan fingerprint density at radius 1 is 0.308 bits per heavy atom. The Hall–Kier alpha value is -10.1. The number of hydrogen-bond acceptors (Lipinski definition) is 29. The highest BCUT2D eigenvalue weighted by Gasteiger charge is 2.63. The number of hydroxylamine groups is 14. The van der Waals surface area contributed by atoms with Crippen LogP contribution in [-0.4, -0.2) is 217 Å². The number of carbonyl (C=O) groups is 14. The molecule has 3 saturated carbocycles. The van der Waals surface area contributed by atoms with E-state index in [4.69, 9.17) is 33.8 Å². The molecule has 4 bridgehead atoms. The van der Waals surface area contributed by atoms with Crippen LogP contribution in [0.4, 0.5) is 0 Å². The van der Waals surface area contributed by atoms with E-state index in [0.29, 0.717) is 27.4 Å². The van der Waals surface area contributed by atoms with Gasteiger partial charge in [0.2, 0.25) is 0 Å². The Morgan fingerprint density at radius 3 is 0.875 bits per heavy atom. The number of carbonyl (C=O) groups excluding carboxylic acids is 14. The third-order valence-electron chi connectivity index (χ3n) is 21.0. The molecule has 11 heterocycles. The molecule has 16 atom stereocenters. The third-order valence-corrected chi connectivity index (χ3v) is 21.0. The van der Waals surface area contributed by atoms with E-state index in [9.17, 15) is 86.3 Å². The predicted octanol–water partition coefficient (Wildman–Crippen LogP) is -2.87. The van der Waals surface area contributed by atoms with Gasteiger partial charge in [-0.2, -0.15) is 30.4 Å². The van der Waals surface area contributed by atoms with Crippen molar-refractivity contribution in [2.45, 2.75) is 70.0 Å². The second-order valence-electron chi connectivity index (χ2n) is 25.8. The van der Waals surface area contributed by atoms with Crippen molar-refractivity contribution in [3.8, 4) is 0 Å². The summed E-state index contributed by atoms with van der Waals surface area (Å²) in [7, 11) is 11.5. The van der Waals surface area contributed by atoms with Gasteiger partial charge in [0, 0.05) is 0 Å². The molecule has 104 heavy (non-hydrogen) atoms. The van der Waals surface area contributed by atoms with Gasteiger partial charge in [-0.1, -0.05) is 49.3 Å². The summed E-state index contributed by atoms with van der Waals surface area (Å²) in [5.41, 5.74) is -2.70. The van der Waals surface area contributed by atoms with Gasteiger partial charge in [-0.15, -0.1) is 14.5 Å². The number of aromatic nitrogens is 2. The van der Waals surface area contributed by atoms with Gasteiger partial charge in [0.1, 0.15) is 27.4 Å². The minimum Gasteiger partial charge on any atom is -0.410 e. The van der Waals surface area contributed by atoms with Crippen LogP contribution in [0.1, 0.15) is 57.8 Å². The molecule has 0 spiro atoms. The van der Waals surface area contributed by atoms with E-state index in [-0.39, 0.29) is 166 Å². The van der Waals surface area contributed by atoms with E-state index < -0.39 is 81.4 Å². The first-order chi connectivity index (χ1) is 49.7. The van der Waals surface area contributed by atoms with Gasteiger partial charge in [0.25, 0.3) is 105 Å². The van der Waals surface area contributed by atoms with Crippen LogP contribution in [0.25, 0.3) is 21.5 Å². The fourth-order valence-corrected chi connectivity index (χ4v) is 16.2. The molecule has 3 aromatic rings. The second-order valence-corrected chi connectivity index (χ2v) is 25.8. The summed E-state index contributed by atoms with van der Waals surface area (Å²) in [5.74, 6) is -7.56. The molecule has 38 heteroatoms. The van der Waals surface area contributed by atoms with E-state index in [1.807, 2.05) is 24.3 Å². The molecule has 17 rings (SSSR count). The van der Waals surface area contributed by atoms with E-state index in [1.165, 1.54) is 76.1 Å². The highest BCUT2D eigenvalue weighted by atomic mass is 16.7. The lowest BCUT2D eigenvalue weighted by atomic mass is 9.70. The molecule has 556 valence electrons. The topological polar surface area (TPSA) is 441 Å². The maximum absolute atomic E-state index is 12.0. The fourth-order valence-electron chi connectivity index (χ4n) is 16.2. The van der Waals surface area contributed by atoms with Crippen LogP contribution in [0.2, 0.25) is 0 Å². The first-order valence-electron chi connectivity index (χ1n) is 33.0. The van der Waals surface area contributed by atoms with Gasteiger partial charge in [0.05, 0.1) is 155 Å². The van der Waals surface area contributed by atoms with E-state index in [2.05, 4.69) is 31.4 Å². The van der Waals surface area contributed by atoms with Gasteiger partial charge < -0.3 is 19.1 Å². The Balaban J connectivity index is 0.000000123. The number of hydrogen-bond donors (Lipinski definition) is 0. The van der Waals surface area contributed by atoms with Gasteiger partial charge in [-0.25, -0.2) is 0 Å². The van der Waals surface area contributed by atoms with Gasteiger partial charge >= 0.3 is 0 Å². The molecule has 14 amide bonds. The maximum Gasteiger partial charge on any atom is 0.294 e. The largest absolute Gasteiger partial charge is 0.410 e. The maximum atomic E-state index is 12.0. The number of ether oxygens (including phenoxy) is 2. The quantitative estimate of drug-likeness (QED) is 0.153. The van der Waals surface area contributed by atoms with Crippen molar-refractivity contribution in [3.63, 3.8) is 0 Å². The summed E-state index contributed by atoms with van der Waals surface area (Å²) in [5, 5.41) is 5.87. The van der Waals surface area contributed by atoms with Crippen LogP contribution >= 0.6 is 0 Å². The highest BCUT2D eigenvalue weighted by molar-refractivity contribution is 6.10. The van der Waals surface area contributed by atoms with Crippen molar-refractivity contribution >= 4 is 104 Å². The molecule has 0 radical (unpaired) electrons. The number of morpholine rings is 1. The van der Waals surface area contributed by atoms with Crippen molar-refractivity contribution in [1.29, 1.82) is 0 Å². The Morgan fingerprint density at radius 2 is 0.587 bits per heavy atom. The summed E-state index contributed by atoms with van der Waals surface area (Å²) < 4.78 is 11.2. The molecule has 1 aromatic carbocycles. The first-order valence-corrected chi connectivity index (χ1v) is 33.0. The molecule has 9 aliphatic heterocycles. The summed E-state index contributed by atoms with van der Waals surface area (Å²) in [6.07, 6.45) is 17.7. The van der Waals surface area contributed by atoms with Crippen LogP contribution in [0.3, 0.4) is 0 Å². The average Bonchev–Trinajstić information content (AvgIpc) is 1.59. The molecule has 14 aliphatic rings. The number of nitrogens with zero attached hydrogens (tertiary/aromatic N) is 9. The van der Waals surface area contributed by atoms with Gasteiger partial charge in [0.15, 0.2) is 0 Å². The number of imide groups is 7. The van der Waals surface area contributed by atoms with Crippen molar-refractivity contribution in [3.05, 3.63) is 90.0 Å². The number of benzene rings is 1. The summed E-state index contributed by atoms with van der Waals surface area (Å²) in [6.45, 7) is -0.168. The summed E-state index contributed by atoms with van der Waals surface area (Å²) in [6, 6.07) is 2.42. The number of fused-ring (bicyclic) bond motifs is 16. The van der Waals surface area contributed by atoms with Crippen LogP contribution in [0, 0.1) is 82.9 Å². The highest BCUT2D eigenvalue weighted by Crippen LogP contribution is 2.53. The Kier molecular flexibility index (Phi) is 21.9. The van der Waals surface area contributed by atoms with Crippen LogP contribution < -0.4 is 31.9 Å². The summed E-state index contributed by atoms with van der Waals surface area (Å²) in [4.78, 5) is 253. The minimum absolute atomic E-state index is 0.0229. The smallest absolute Gasteiger partial charge is 0.294 e. The first kappa shape index (κ1) is 75.1. The van der Waals surface area contributed by atoms with E-state index >= 15 is 0 Å². The van der Waals surface area contributed by atoms with Crippen LogP contribution in [0.15, 0.2) is 67.8 Å². The minimum atomic E-state index is -0.675. The van der Waals surface area contributed by atoms with E-state index in [0.717, 1.165) is 62.5 Å². The lowest BCUT2D eigenvalue weighted by molar-refractivity contribution is -0.202. The Bertz CT molecular complexity index is 3970. The second kappa shape index (κ2) is 30.3. The molecule has 5 aliphatic carbocycles. The molecular formula is C66H73N9O29. The molecule has 11 fully saturated rings. The normalized spacial score (nSPS) is 31.3. The average molecular weight is 1460 g/mol. The molecule has 8 saturated heterocycles. The van der Waals surface area contributed by atoms with Crippen molar-refractivity contribution < 1.29 is 120 Å². The third kappa shape index (κ3) is 12.6. The SMILES string of the molecule is CON1C(=O)C2C3C=CC(C3)C2C1=O.CON1C(=O)C2C3C=CC(O3)C2C1=O.CON1C(=O)C2CC3C(=O)N(OC)C(=O)C3CC2C1=O.CON1C(=O)C2CC=CCC2C1=O.CON1C(=O)C2CCCCC2C1=O.CON1C(=O)COCC1=O.COn1c(=O)c2cc3c(=O)n(OC)c(=O)c3cc2c1=O.